The van der Waals surface area contributed by atoms with Crippen LogP contribution in [0.15, 0.2) is 40.9 Å². The molecule has 1 amide bonds. The van der Waals surface area contributed by atoms with Crippen molar-refractivity contribution in [3.05, 3.63) is 42.4 Å². The zero-order valence-electron chi connectivity index (χ0n) is 12.8. The molecule has 2 rings (SSSR count). The van der Waals surface area contributed by atoms with Crippen molar-refractivity contribution < 1.29 is 14.3 Å². The van der Waals surface area contributed by atoms with Gasteiger partial charge in [-0.1, -0.05) is 30.3 Å². The first-order chi connectivity index (χ1) is 10.7. The molecule has 0 radical (unpaired) electrons. The molecule has 1 aromatic carbocycles. The lowest BCUT2D eigenvalue weighted by molar-refractivity contribution is -0.121. The van der Waals surface area contributed by atoms with Gasteiger partial charge in [0, 0.05) is 31.1 Å². The van der Waals surface area contributed by atoms with E-state index in [4.69, 9.17) is 9.52 Å². The Morgan fingerprint density at radius 1 is 1.36 bits per heavy atom. The minimum absolute atomic E-state index is 0.0232. The Balaban J connectivity index is 1.80. The Bertz CT molecular complexity index is 581. The van der Waals surface area contributed by atoms with Crippen LogP contribution in [0.2, 0.25) is 0 Å². The Morgan fingerprint density at radius 2 is 2.14 bits per heavy atom. The molecule has 22 heavy (non-hydrogen) atoms. The fourth-order valence-corrected chi connectivity index (χ4v) is 2.20. The summed E-state index contributed by atoms with van der Waals surface area (Å²) >= 11 is 0. The number of oxazole rings is 1. The van der Waals surface area contributed by atoms with Gasteiger partial charge in [0.25, 0.3) is 0 Å². The number of nitrogens with one attached hydrogen (secondary N) is 1. The lowest BCUT2D eigenvalue weighted by atomic mass is 10.2. The van der Waals surface area contributed by atoms with Gasteiger partial charge in [0.05, 0.1) is 6.20 Å². The molecule has 0 fully saturated rings. The fraction of sp³-hybridized carbons (Fsp3) is 0.412. The van der Waals surface area contributed by atoms with E-state index in [1.54, 1.807) is 6.20 Å². The van der Waals surface area contributed by atoms with E-state index in [0.29, 0.717) is 30.9 Å². The van der Waals surface area contributed by atoms with Gasteiger partial charge in [-0.05, 0) is 19.8 Å². The smallest absolute Gasteiger partial charge is 0.220 e. The molecular formula is C17H22N2O3. The van der Waals surface area contributed by atoms with Crippen molar-refractivity contribution in [3.63, 3.8) is 0 Å². The average molecular weight is 302 g/mol. The van der Waals surface area contributed by atoms with Crippen LogP contribution >= 0.6 is 0 Å². The molecule has 0 aliphatic heterocycles. The van der Waals surface area contributed by atoms with Crippen molar-refractivity contribution in [1.82, 2.24) is 10.3 Å². The molecule has 5 heteroatoms. The molecule has 2 aromatic rings. The van der Waals surface area contributed by atoms with Crippen LogP contribution in [0.3, 0.4) is 0 Å². The number of hydrogen-bond acceptors (Lipinski definition) is 4. The largest absolute Gasteiger partial charge is 0.441 e. The van der Waals surface area contributed by atoms with Gasteiger partial charge in [-0.25, -0.2) is 4.98 Å². The molecule has 0 bridgehead atoms. The van der Waals surface area contributed by atoms with E-state index in [0.717, 1.165) is 12.0 Å². The first kappa shape index (κ1) is 16.2. The number of aliphatic hydroxyl groups is 1. The van der Waals surface area contributed by atoms with E-state index in [2.05, 4.69) is 10.3 Å². The lowest BCUT2D eigenvalue weighted by Gasteiger charge is -2.12. The predicted octanol–water partition coefficient (Wildman–Crippen LogP) is 2.55. The highest BCUT2D eigenvalue weighted by molar-refractivity contribution is 5.76. The molecule has 0 aliphatic carbocycles. The van der Waals surface area contributed by atoms with E-state index >= 15 is 0 Å². The summed E-state index contributed by atoms with van der Waals surface area (Å²) in [6.07, 6.45) is 3.98. The number of aliphatic hydroxyl groups excluding tert-OH is 1. The monoisotopic (exact) mass is 302 g/mol. The second kappa shape index (κ2) is 8.34. The SMILES string of the molecule is CC(CCCO)NC(=O)CCc1ncc(-c2ccccc2)o1. The Labute approximate surface area is 130 Å². The first-order valence-electron chi connectivity index (χ1n) is 7.59. The molecule has 1 unspecified atom stereocenters. The summed E-state index contributed by atoms with van der Waals surface area (Å²) in [5.41, 5.74) is 0.975. The fourth-order valence-electron chi connectivity index (χ4n) is 2.20. The van der Waals surface area contributed by atoms with Crippen molar-refractivity contribution in [2.45, 2.75) is 38.6 Å². The second-order valence-electron chi connectivity index (χ2n) is 5.32. The van der Waals surface area contributed by atoms with Gasteiger partial charge in [0.15, 0.2) is 11.7 Å². The third-order valence-corrected chi connectivity index (χ3v) is 3.38. The number of rotatable bonds is 8. The summed E-state index contributed by atoms with van der Waals surface area (Å²) in [4.78, 5) is 16.0. The van der Waals surface area contributed by atoms with E-state index < -0.39 is 0 Å². The van der Waals surface area contributed by atoms with E-state index in [1.165, 1.54) is 0 Å². The summed E-state index contributed by atoms with van der Waals surface area (Å²) in [6.45, 7) is 2.09. The van der Waals surface area contributed by atoms with E-state index in [1.807, 2.05) is 37.3 Å². The summed E-state index contributed by atoms with van der Waals surface area (Å²) in [7, 11) is 0. The molecule has 1 heterocycles. The number of nitrogens with zero attached hydrogens (tertiary/aromatic N) is 1. The highest BCUT2D eigenvalue weighted by Gasteiger charge is 2.10. The number of hydrogen-bond donors (Lipinski definition) is 2. The first-order valence-corrected chi connectivity index (χ1v) is 7.59. The molecule has 5 nitrogen and oxygen atoms in total. The van der Waals surface area contributed by atoms with Gasteiger partial charge < -0.3 is 14.8 Å². The van der Waals surface area contributed by atoms with Crippen LogP contribution in [0.4, 0.5) is 0 Å². The Morgan fingerprint density at radius 3 is 2.86 bits per heavy atom. The molecule has 0 aliphatic rings. The zero-order chi connectivity index (χ0) is 15.8. The van der Waals surface area contributed by atoms with Gasteiger partial charge >= 0.3 is 0 Å². The number of benzene rings is 1. The maximum Gasteiger partial charge on any atom is 0.220 e. The molecule has 0 saturated carbocycles. The highest BCUT2D eigenvalue weighted by atomic mass is 16.4. The van der Waals surface area contributed by atoms with Gasteiger partial charge in [-0.3, -0.25) is 4.79 Å². The topological polar surface area (TPSA) is 75.4 Å². The van der Waals surface area contributed by atoms with E-state index in [9.17, 15) is 4.79 Å². The average Bonchev–Trinajstić information content (AvgIpc) is 3.01. The lowest BCUT2D eigenvalue weighted by Crippen LogP contribution is -2.32. The number of amides is 1. The Hall–Kier alpha value is -2.14. The zero-order valence-corrected chi connectivity index (χ0v) is 12.8. The number of carbonyl (C=O) groups excluding carboxylic acids is 1. The van der Waals surface area contributed by atoms with Gasteiger partial charge in [0.2, 0.25) is 5.91 Å². The summed E-state index contributed by atoms with van der Waals surface area (Å²) in [5.74, 6) is 1.26. The van der Waals surface area contributed by atoms with Crippen LogP contribution < -0.4 is 5.32 Å². The number of carbonyl (C=O) groups is 1. The van der Waals surface area contributed by atoms with Crippen molar-refractivity contribution >= 4 is 5.91 Å². The molecule has 1 atom stereocenters. The maximum absolute atomic E-state index is 11.8. The minimum atomic E-state index is -0.0232. The third kappa shape index (κ3) is 5.00. The summed E-state index contributed by atoms with van der Waals surface area (Å²) in [5, 5.41) is 11.7. The third-order valence-electron chi connectivity index (χ3n) is 3.38. The molecule has 118 valence electrons. The van der Waals surface area contributed by atoms with Crippen LogP contribution in [0.1, 0.15) is 32.1 Å². The van der Waals surface area contributed by atoms with E-state index in [-0.39, 0.29) is 18.6 Å². The predicted molar refractivity (Wildman–Crippen MR) is 84.2 cm³/mol. The van der Waals surface area contributed by atoms with Gasteiger partial charge in [-0.2, -0.15) is 0 Å². The Kier molecular flexibility index (Phi) is 6.15. The maximum atomic E-state index is 11.8. The van der Waals surface area contributed by atoms with Crippen molar-refractivity contribution in [2.24, 2.45) is 0 Å². The second-order valence-corrected chi connectivity index (χ2v) is 5.32. The molecular weight excluding hydrogens is 280 g/mol. The molecule has 0 spiro atoms. The van der Waals surface area contributed by atoms with Crippen LogP contribution in [-0.4, -0.2) is 28.6 Å². The quantitative estimate of drug-likeness (QED) is 0.786. The minimum Gasteiger partial charge on any atom is -0.441 e. The van der Waals surface area contributed by atoms with Crippen LogP contribution in [0, 0.1) is 0 Å². The normalized spacial score (nSPS) is 12.1. The number of aromatic nitrogens is 1. The van der Waals surface area contributed by atoms with Crippen LogP contribution in [-0.2, 0) is 11.2 Å². The van der Waals surface area contributed by atoms with Crippen LogP contribution in [0.5, 0.6) is 0 Å². The van der Waals surface area contributed by atoms with Crippen molar-refractivity contribution in [1.29, 1.82) is 0 Å². The standard InChI is InChI=1S/C17H22N2O3/c1-13(6-5-11-20)19-16(21)9-10-17-18-12-15(22-17)14-7-3-2-4-8-14/h2-4,7-8,12-13,20H,5-6,9-11H2,1H3,(H,19,21). The summed E-state index contributed by atoms with van der Waals surface area (Å²) in [6, 6.07) is 9.82. The molecule has 1 aromatic heterocycles. The van der Waals surface area contributed by atoms with Gasteiger partial charge in [0.1, 0.15) is 0 Å². The molecule has 2 N–H and O–H groups in total. The van der Waals surface area contributed by atoms with Gasteiger partial charge in [-0.15, -0.1) is 0 Å². The summed E-state index contributed by atoms with van der Waals surface area (Å²) < 4.78 is 5.67. The van der Waals surface area contributed by atoms with Crippen molar-refractivity contribution in [3.8, 4) is 11.3 Å². The van der Waals surface area contributed by atoms with Crippen molar-refractivity contribution in [2.75, 3.05) is 6.61 Å². The highest BCUT2D eigenvalue weighted by Crippen LogP contribution is 2.20. The molecule has 0 saturated heterocycles. The van der Waals surface area contributed by atoms with Crippen LogP contribution in [0.25, 0.3) is 11.3 Å². The number of aryl methyl sites for hydroxylation is 1.